The highest BCUT2D eigenvalue weighted by atomic mass is 16.5. The van der Waals surface area contributed by atoms with Gasteiger partial charge in [-0.15, -0.1) is 0 Å². The molecular formula is C18H30N4O2. The van der Waals surface area contributed by atoms with Crippen LogP contribution in [0.1, 0.15) is 52.2 Å². The van der Waals surface area contributed by atoms with Gasteiger partial charge in [-0.2, -0.15) is 0 Å². The van der Waals surface area contributed by atoms with Gasteiger partial charge in [-0.25, -0.2) is 4.79 Å². The van der Waals surface area contributed by atoms with Crippen LogP contribution in [0, 0.1) is 5.92 Å². The Morgan fingerprint density at radius 1 is 1.29 bits per heavy atom. The van der Waals surface area contributed by atoms with Crippen molar-refractivity contribution in [3.8, 4) is 0 Å². The SMILES string of the molecule is CC(C)(C)c1cc(NC(=O)N2CCC(CN3CCCCC3)C2)no1. The summed E-state index contributed by atoms with van der Waals surface area (Å²) >= 11 is 0. The first-order chi connectivity index (χ1) is 11.4. The molecule has 2 amide bonds. The number of urea groups is 1. The minimum absolute atomic E-state index is 0.0649. The van der Waals surface area contributed by atoms with Gasteiger partial charge in [0.1, 0.15) is 5.76 Å². The van der Waals surface area contributed by atoms with E-state index in [1.807, 2.05) is 11.0 Å². The fourth-order valence-electron chi connectivity index (χ4n) is 3.55. The Balaban J connectivity index is 1.48. The standard InChI is InChI=1S/C18H30N4O2/c1-18(2,3)15-11-16(20-24-15)19-17(23)22-10-7-14(13-22)12-21-8-5-4-6-9-21/h11,14H,4-10,12-13H2,1-3H3,(H,19,20,23). The second-order valence-corrected chi connectivity index (χ2v) is 8.22. The Hall–Kier alpha value is -1.56. The summed E-state index contributed by atoms with van der Waals surface area (Å²) < 4.78 is 5.32. The minimum atomic E-state index is -0.108. The van der Waals surface area contributed by atoms with Crippen LogP contribution in [0.3, 0.4) is 0 Å². The largest absolute Gasteiger partial charge is 0.359 e. The monoisotopic (exact) mass is 334 g/mol. The van der Waals surface area contributed by atoms with Crippen LogP contribution in [-0.2, 0) is 5.41 Å². The van der Waals surface area contributed by atoms with Crippen molar-refractivity contribution in [1.29, 1.82) is 0 Å². The van der Waals surface area contributed by atoms with E-state index in [2.05, 4.69) is 36.1 Å². The molecule has 2 aliphatic rings. The molecule has 1 atom stereocenters. The van der Waals surface area contributed by atoms with E-state index in [1.165, 1.54) is 32.4 Å². The summed E-state index contributed by atoms with van der Waals surface area (Å²) in [6.45, 7) is 11.4. The zero-order valence-electron chi connectivity index (χ0n) is 15.2. The number of hydrogen-bond acceptors (Lipinski definition) is 4. The van der Waals surface area contributed by atoms with Crippen molar-refractivity contribution in [3.63, 3.8) is 0 Å². The summed E-state index contributed by atoms with van der Waals surface area (Å²) in [5, 5.41) is 6.83. The lowest BCUT2D eigenvalue weighted by Gasteiger charge is -2.28. The van der Waals surface area contributed by atoms with E-state index < -0.39 is 0 Å². The molecular weight excluding hydrogens is 304 g/mol. The number of hydrogen-bond donors (Lipinski definition) is 1. The average molecular weight is 334 g/mol. The fourth-order valence-corrected chi connectivity index (χ4v) is 3.55. The number of aromatic nitrogens is 1. The highest BCUT2D eigenvalue weighted by molar-refractivity contribution is 5.88. The Morgan fingerprint density at radius 3 is 2.71 bits per heavy atom. The summed E-state index contributed by atoms with van der Waals surface area (Å²) in [6, 6.07) is 1.75. The molecule has 6 heteroatoms. The summed E-state index contributed by atoms with van der Waals surface area (Å²) in [4.78, 5) is 16.9. The molecule has 134 valence electrons. The minimum Gasteiger partial charge on any atom is -0.359 e. The zero-order valence-corrected chi connectivity index (χ0v) is 15.2. The lowest BCUT2D eigenvalue weighted by atomic mass is 9.93. The molecule has 0 aromatic carbocycles. The molecule has 0 spiro atoms. The maximum Gasteiger partial charge on any atom is 0.323 e. The molecule has 24 heavy (non-hydrogen) atoms. The third kappa shape index (κ3) is 4.29. The molecule has 1 unspecified atom stereocenters. The van der Waals surface area contributed by atoms with Crippen molar-refractivity contribution < 1.29 is 9.32 Å². The van der Waals surface area contributed by atoms with Gasteiger partial charge in [0.25, 0.3) is 0 Å². The first-order valence-corrected chi connectivity index (χ1v) is 9.17. The molecule has 6 nitrogen and oxygen atoms in total. The second kappa shape index (κ2) is 7.13. The summed E-state index contributed by atoms with van der Waals surface area (Å²) in [6.07, 6.45) is 5.10. The molecule has 0 radical (unpaired) electrons. The number of carbonyl (C=O) groups excluding carboxylic acids is 1. The molecule has 3 rings (SSSR count). The third-order valence-electron chi connectivity index (χ3n) is 5.02. The normalized spacial score (nSPS) is 22.8. The summed E-state index contributed by atoms with van der Waals surface area (Å²) in [5.41, 5.74) is -0.108. The van der Waals surface area contributed by atoms with E-state index in [-0.39, 0.29) is 11.4 Å². The van der Waals surface area contributed by atoms with E-state index in [1.54, 1.807) is 0 Å². The van der Waals surface area contributed by atoms with Crippen molar-refractivity contribution in [3.05, 3.63) is 11.8 Å². The molecule has 2 saturated heterocycles. The molecule has 1 aromatic heterocycles. The number of carbonyl (C=O) groups is 1. The Kier molecular flexibility index (Phi) is 5.13. The number of nitrogens with one attached hydrogen (secondary N) is 1. The van der Waals surface area contributed by atoms with Crippen molar-refractivity contribution in [1.82, 2.24) is 15.0 Å². The molecule has 0 bridgehead atoms. The van der Waals surface area contributed by atoms with Gasteiger partial charge in [0.2, 0.25) is 0 Å². The highest BCUT2D eigenvalue weighted by Crippen LogP contribution is 2.25. The van der Waals surface area contributed by atoms with Gasteiger partial charge < -0.3 is 14.3 Å². The van der Waals surface area contributed by atoms with Gasteiger partial charge >= 0.3 is 6.03 Å². The van der Waals surface area contributed by atoms with E-state index in [9.17, 15) is 4.79 Å². The van der Waals surface area contributed by atoms with Crippen molar-refractivity contribution in [2.45, 2.75) is 51.9 Å². The number of likely N-dealkylation sites (tertiary alicyclic amines) is 2. The van der Waals surface area contributed by atoms with Crippen LogP contribution >= 0.6 is 0 Å². The molecule has 3 heterocycles. The average Bonchev–Trinajstić information content (AvgIpc) is 3.17. The fraction of sp³-hybridized carbons (Fsp3) is 0.778. The second-order valence-electron chi connectivity index (χ2n) is 8.22. The van der Waals surface area contributed by atoms with Crippen LogP contribution in [-0.4, -0.2) is 53.7 Å². The van der Waals surface area contributed by atoms with E-state index in [0.717, 1.165) is 31.8 Å². The van der Waals surface area contributed by atoms with E-state index >= 15 is 0 Å². The van der Waals surface area contributed by atoms with Crippen LogP contribution in [0.5, 0.6) is 0 Å². The quantitative estimate of drug-likeness (QED) is 0.921. The van der Waals surface area contributed by atoms with Crippen LogP contribution in [0.15, 0.2) is 10.6 Å². The number of rotatable bonds is 3. The Labute approximate surface area is 144 Å². The molecule has 0 saturated carbocycles. The summed E-state index contributed by atoms with van der Waals surface area (Å²) in [7, 11) is 0. The summed E-state index contributed by atoms with van der Waals surface area (Å²) in [5.74, 6) is 1.88. The van der Waals surface area contributed by atoms with Crippen molar-refractivity contribution in [2.75, 3.05) is 38.0 Å². The molecule has 1 aromatic rings. The lowest BCUT2D eigenvalue weighted by molar-refractivity contribution is 0.192. The first-order valence-electron chi connectivity index (χ1n) is 9.17. The smallest absolute Gasteiger partial charge is 0.323 e. The van der Waals surface area contributed by atoms with E-state index in [0.29, 0.717) is 11.7 Å². The van der Waals surface area contributed by atoms with Crippen LogP contribution < -0.4 is 5.32 Å². The lowest BCUT2D eigenvalue weighted by Crippen LogP contribution is -2.37. The number of piperidine rings is 1. The zero-order chi connectivity index (χ0) is 17.2. The maximum atomic E-state index is 12.4. The van der Waals surface area contributed by atoms with Crippen molar-refractivity contribution in [2.24, 2.45) is 5.92 Å². The predicted octanol–water partition coefficient (Wildman–Crippen LogP) is 3.31. The first kappa shape index (κ1) is 17.3. The van der Waals surface area contributed by atoms with Crippen molar-refractivity contribution >= 4 is 11.8 Å². The number of amides is 2. The molecule has 0 aliphatic carbocycles. The van der Waals surface area contributed by atoms with Gasteiger partial charge in [-0.05, 0) is 38.3 Å². The van der Waals surface area contributed by atoms with E-state index in [4.69, 9.17) is 4.52 Å². The van der Waals surface area contributed by atoms with Crippen LogP contribution in [0.2, 0.25) is 0 Å². The Morgan fingerprint density at radius 2 is 2.04 bits per heavy atom. The topological polar surface area (TPSA) is 61.6 Å². The van der Waals surface area contributed by atoms with Crippen LogP contribution in [0.25, 0.3) is 0 Å². The van der Waals surface area contributed by atoms with Gasteiger partial charge in [0.15, 0.2) is 5.82 Å². The van der Waals surface area contributed by atoms with Gasteiger partial charge in [-0.1, -0.05) is 32.3 Å². The van der Waals surface area contributed by atoms with Gasteiger partial charge in [0.05, 0.1) is 0 Å². The van der Waals surface area contributed by atoms with Gasteiger partial charge in [-0.3, -0.25) is 5.32 Å². The predicted molar refractivity (Wildman–Crippen MR) is 94.2 cm³/mol. The third-order valence-corrected chi connectivity index (χ3v) is 5.02. The van der Waals surface area contributed by atoms with Crippen LogP contribution in [0.4, 0.5) is 10.6 Å². The maximum absolute atomic E-state index is 12.4. The van der Waals surface area contributed by atoms with Gasteiger partial charge in [0, 0.05) is 31.1 Å². The number of nitrogens with zero attached hydrogens (tertiary/aromatic N) is 3. The Bertz CT molecular complexity index is 558. The number of anilines is 1. The highest BCUT2D eigenvalue weighted by Gasteiger charge is 2.29. The molecule has 2 fully saturated rings. The molecule has 1 N–H and O–H groups in total. The molecule has 2 aliphatic heterocycles.